The average Bonchev–Trinajstić information content (AvgIpc) is 2.76. The van der Waals surface area contributed by atoms with Gasteiger partial charge in [-0.25, -0.2) is 9.59 Å². The number of hydrogen-bond donors (Lipinski definition) is 0. The Bertz CT molecular complexity index is 832. The maximum absolute atomic E-state index is 12.1. The van der Waals surface area contributed by atoms with E-state index in [1.54, 1.807) is 24.3 Å². The summed E-state index contributed by atoms with van der Waals surface area (Å²) in [6.45, 7) is 4.73. The molecule has 0 aliphatic carbocycles. The molecule has 0 saturated heterocycles. The lowest BCUT2D eigenvalue weighted by Gasteiger charge is -2.15. The number of carbonyl (C=O) groups excluding carboxylic acids is 2. The van der Waals surface area contributed by atoms with Crippen LogP contribution in [0.3, 0.4) is 0 Å². The van der Waals surface area contributed by atoms with Crippen molar-refractivity contribution in [1.29, 1.82) is 0 Å². The van der Waals surface area contributed by atoms with Gasteiger partial charge >= 0.3 is 12.3 Å². The van der Waals surface area contributed by atoms with Crippen LogP contribution in [-0.4, -0.2) is 32.6 Å². The summed E-state index contributed by atoms with van der Waals surface area (Å²) in [7, 11) is 1.44. The summed E-state index contributed by atoms with van der Waals surface area (Å²) in [6, 6.07) is 8.58. The number of carbonyl (C=O) groups is 2. The largest absolute Gasteiger partial charge is 0.513 e. The monoisotopic (exact) mass is 418 g/mol. The SMILES string of the molecule is CCCCCOC(=O)Oc1cc(OC)c(OC(=O)OCCCCC)c2ccccc12. The highest BCUT2D eigenvalue weighted by Gasteiger charge is 2.20. The summed E-state index contributed by atoms with van der Waals surface area (Å²) in [5.41, 5.74) is 0. The van der Waals surface area contributed by atoms with Crippen molar-refractivity contribution in [2.45, 2.75) is 52.4 Å². The lowest BCUT2D eigenvalue weighted by molar-refractivity contribution is 0.0950. The van der Waals surface area contributed by atoms with E-state index in [1.165, 1.54) is 13.2 Å². The number of rotatable bonds is 11. The Labute approximate surface area is 177 Å². The topological polar surface area (TPSA) is 80.3 Å². The Hall–Kier alpha value is -2.96. The van der Waals surface area contributed by atoms with Crippen molar-refractivity contribution >= 4 is 23.1 Å². The van der Waals surface area contributed by atoms with Gasteiger partial charge in [-0.05, 0) is 12.8 Å². The van der Waals surface area contributed by atoms with E-state index in [2.05, 4.69) is 13.8 Å². The second-order valence-corrected chi connectivity index (χ2v) is 6.77. The minimum absolute atomic E-state index is 0.206. The predicted octanol–water partition coefficient (Wildman–Crippen LogP) is 6.26. The molecule has 2 aromatic rings. The van der Waals surface area contributed by atoms with Crippen LogP contribution in [0.1, 0.15) is 52.4 Å². The molecule has 30 heavy (non-hydrogen) atoms. The van der Waals surface area contributed by atoms with Gasteiger partial charge in [-0.2, -0.15) is 0 Å². The molecule has 0 aliphatic heterocycles. The Morgan fingerprint density at radius 1 is 0.767 bits per heavy atom. The van der Waals surface area contributed by atoms with E-state index in [-0.39, 0.29) is 23.9 Å². The zero-order chi connectivity index (χ0) is 21.8. The van der Waals surface area contributed by atoms with Crippen molar-refractivity contribution < 1.29 is 33.3 Å². The summed E-state index contributed by atoms with van der Waals surface area (Å²) in [6.07, 6.45) is 3.97. The predicted molar refractivity (Wildman–Crippen MR) is 114 cm³/mol. The molecule has 0 radical (unpaired) electrons. The standard InChI is InChI=1S/C23H30O7/c1-4-6-10-14-27-22(24)29-19-16-20(26-3)21(18-13-9-8-12-17(18)19)30-23(25)28-15-11-7-5-2/h8-9,12-13,16H,4-7,10-11,14-15H2,1-3H3. The van der Waals surface area contributed by atoms with E-state index in [1.807, 2.05) is 0 Å². The summed E-state index contributed by atoms with van der Waals surface area (Å²) in [4.78, 5) is 24.2. The van der Waals surface area contributed by atoms with Crippen molar-refractivity contribution in [3.63, 3.8) is 0 Å². The highest BCUT2D eigenvalue weighted by atomic mass is 16.7. The number of hydrogen-bond acceptors (Lipinski definition) is 7. The highest BCUT2D eigenvalue weighted by molar-refractivity contribution is 5.97. The van der Waals surface area contributed by atoms with Gasteiger partial charge in [-0.3, -0.25) is 0 Å². The van der Waals surface area contributed by atoms with Crippen LogP contribution in [0.2, 0.25) is 0 Å². The fourth-order valence-corrected chi connectivity index (χ4v) is 2.88. The Kier molecular flexibility index (Phi) is 9.77. The summed E-state index contributed by atoms with van der Waals surface area (Å²) >= 11 is 0. The van der Waals surface area contributed by atoms with Crippen LogP contribution < -0.4 is 14.2 Å². The van der Waals surface area contributed by atoms with Gasteiger partial charge in [0, 0.05) is 16.8 Å². The summed E-state index contributed by atoms with van der Waals surface area (Å²) in [5.74, 6) is 0.705. The van der Waals surface area contributed by atoms with E-state index in [0.717, 1.165) is 38.5 Å². The highest BCUT2D eigenvalue weighted by Crippen LogP contribution is 2.41. The van der Waals surface area contributed by atoms with Crippen LogP contribution in [0.5, 0.6) is 17.2 Å². The molecule has 2 rings (SSSR count). The molecule has 7 nitrogen and oxygen atoms in total. The van der Waals surface area contributed by atoms with Gasteiger partial charge in [0.2, 0.25) is 0 Å². The van der Waals surface area contributed by atoms with Crippen molar-refractivity contribution in [3.8, 4) is 17.2 Å². The molecule has 2 aromatic carbocycles. The van der Waals surface area contributed by atoms with Gasteiger partial charge in [0.25, 0.3) is 0 Å². The molecule has 0 fully saturated rings. The van der Waals surface area contributed by atoms with Gasteiger partial charge < -0.3 is 23.7 Å². The molecule has 0 N–H and O–H groups in total. The number of fused-ring (bicyclic) bond motifs is 1. The molecule has 164 valence electrons. The van der Waals surface area contributed by atoms with Gasteiger partial charge in [0.15, 0.2) is 11.5 Å². The molecule has 0 bridgehead atoms. The average molecular weight is 418 g/mol. The molecular weight excluding hydrogens is 388 g/mol. The molecule has 0 aromatic heterocycles. The first-order chi connectivity index (χ1) is 14.6. The minimum Gasteiger partial charge on any atom is -0.493 e. The molecule has 0 unspecified atom stereocenters. The number of benzene rings is 2. The van der Waals surface area contributed by atoms with Gasteiger partial charge in [0.05, 0.1) is 20.3 Å². The third-order valence-corrected chi connectivity index (χ3v) is 4.46. The Balaban J connectivity index is 2.19. The van der Waals surface area contributed by atoms with E-state index in [0.29, 0.717) is 17.4 Å². The molecule has 0 spiro atoms. The fourth-order valence-electron chi connectivity index (χ4n) is 2.88. The molecule has 0 amide bonds. The molecule has 0 atom stereocenters. The van der Waals surface area contributed by atoms with Crippen LogP contribution in [-0.2, 0) is 9.47 Å². The van der Waals surface area contributed by atoms with Crippen molar-refractivity contribution in [2.24, 2.45) is 0 Å². The Morgan fingerprint density at radius 2 is 1.33 bits per heavy atom. The first kappa shape index (κ1) is 23.3. The van der Waals surface area contributed by atoms with Crippen LogP contribution in [0, 0.1) is 0 Å². The number of ether oxygens (including phenoxy) is 5. The van der Waals surface area contributed by atoms with Crippen LogP contribution >= 0.6 is 0 Å². The lowest BCUT2D eigenvalue weighted by atomic mass is 10.1. The molecular formula is C23H30O7. The minimum atomic E-state index is -0.807. The number of methoxy groups -OCH3 is 1. The van der Waals surface area contributed by atoms with Crippen molar-refractivity contribution in [2.75, 3.05) is 20.3 Å². The summed E-state index contributed by atoms with van der Waals surface area (Å²) < 4.78 is 26.4. The van der Waals surface area contributed by atoms with E-state index in [4.69, 9.17) is 23.7 Å². The number of unbranched alkanes of at least 4 members (excludes halogenated alkanes) is 4. The van der Waals surface area contributed by atoms with Gasteiger partial charge in [-0.1, -0.05) is 63.8 Å². The smallest absolute Gasteiger partial charge is 0.493 e. The first-order valence-corrected chi connectivity index (χ1v) is 10.4. The third kappa shape index (κ3) is 6.83. The quantitative estimate of drug-likeness (QED) is 0.242. The fraction of sp³-hybridized carbons (Fsp3) is 0.478. The molecule has 0 heterocycles. The van der Waals surface area contributed by atoms with Crippen LogP contribution in [0.4, 0.5) is 9.59 Å². The van der Waals surface area contributed by atoms with E-state index >= 15 is 0 Å². The normalized spacial score (nSPS) is 10.5. The molecule has 0 aliphatic rings. The third-order valence-electron chi connectivity index (χ3n) is 4.46. The van der Waals surface area contributed by atoms with Crippen molar-refractivity contribution in [1.82, 2.24) is 0 Å². The maximum atomic E-state index is 12.1. The Morgan fingerprint density at radius 3 is 1.90 bits per heavy atom. The van der Waals surface area contributed by atoms with Crippen LogP contribution in [0.15, 0.2) is 30.3 Å². The van der Waals surface area contributed by atoms with Gasteiger partial charge in [-0.15, -0.1) is 0 Å². The van der Waals surface area contributed by atoms with Gasteiger partial charge in [0.1, 0.15) is 5.75 Å². The van der Waals surface area contributed by atoms with Crippen LogP contribution in [0.25, 0.3) is 10.8 Å². The summed E-state index contributed by atoms with van der Waals surface area (Å²) in [5, 5.41) is 1.13. The van der Waals surface area contributed by atoms with E-state index < -0.39 is 12.3 Å². The lowest BCUT2D eigenvalue weighted by Crippen LogP contribution is -2.14. The maximum Gasteiger partial charge on any atom is 0.513 e. The molecule has 7 heteroatoms. The second kappa shape index (κ2) is 12.6. The zero-order valence-electron chi connectivity index (χ0n) is 17.9. The zero-order valence-corrected chi connectivity index (χ0v) is 17.9. The second-order valence-electron chi connectivity index (χ2n) is 6.77. The van der Waals surface area contributed by atoms with Crippen molar-refractivity contribution in [3.05, 3.63) is 30.3 Å². The molecule has 0 saturated carbocycles. The first-order valence-electron chi connectivity index (χ1n) is 10.4. The van der Waals surface area contributed by atoms with E-state index in [9.17, 15) is 9.59 Å².